The first-order valence-corrected chi connectivity index (χ1v) is 5.11. The Morgan fingerprint density at radius 3 is 2.77 bits per heavy atom. The van der Waals surface area contributed by atoms with Crippen LogP contribution in [0.1, 0.15) is 37.7 Å². The molecule has 1 aliphatic rings. The third-order valence-electron chi connectivity index (χ3n) is 3.08. The van der Waals surface area contributed by atoms with Gasteiger partial charge >= 0.3 is 0 Å². The largest absolute Gasteiger partial charge is 0.399 e. The summed E-state index contributed by atoms with van der Waals surface area (Å²) in [5.41, 5.74) is 8.10. The summed E-state index contributed by atoms with van der Waals surface area (Å²) in [4.78, 5) is 0. The van der Waals surface area contributed by atoms with Crippen molar-refractivity contribution >= 4 is 5.69 Å². The number of rotatable bonds is 1. The van der Waals surface area contributed by atoms with Gasteiger partial charge in [0.2, 0.25) is 0 Å². The van der Waals surface area contributed by atoms with E-state index in [2.05, 4.69) is 25.1 Å². The Morgan fingerprint density at radius 2 is 2.15 bits per heavy atom. The van der Waals surface area contributed by atoms with Crippen molar-refractivity contribution in [2.75, 3.05) is 5.73 Å². The van der Waals surface area contributed by atoms with Gasteiger partial charge in [-0.15, -0.1) is 0 Å². The Labute approximate surface area is 80.0 Å². The molecule has 0 amide bonds. The molecule has 0 radical (unpaired) electrons. The topological polar surface area (TPSA) is 26.0 Å². The summed E-state index contributed by atoms with van der Waals surface area (Å²) < 4.78 is 0. The molecule has 2 N–H and O–H groups in total. The fourth-order valence-electron chi connectivity index (χ4n) is 2.32. The van der Waals surface area contributed by atoms with Crippen molar-refractivity contribution in [3.63, 3.8) is 0 Å². The monoisotopic (exact) mass is 175 g/mol. The Hall–Kier alpha value is -0.980. The van der Waals surface area contributed by atoms with Crippen LogP contribution in [0.25, 0.3) is 0 Å². The van der Waals surface area contributed by atoms with Crippen LogP contribution in [-0.4, -0.2) is 0 Å². The van der Waals surface area contributed by atoms with E-state index < -0.39 is 0 Å². The third-order valence-corrected chi connectivity index (χ3v) is 3.08. The quantitative estimate of drug-likeness (QED) is 0.652. The Bertz CT molecular complexity index is 293. The zero-order valence-corrected chi connectivity index (χ0v) is 8.16. The molecule has 1 aromatic rings. The minimum Gasteiger partial charge on any atom is -0.399 e. The molecular formula is C12H17N. The molecule has 0 heterocycles. The molecule has 2 rings (SSSR count). The molecule has 0 bridgehead atoms. The minimum absolute atomic E-state index is 0.762. The Balaban J connectivity index is 2.16. The maximum atomic E-state index is 5.76. The Morgan fingerprint density at radius 1 is 1.31 bits per heavy atom. The molecule has 0 aromatic heterocycles. The molecule has 1 aliphatic carbocycles. The zero-order chi connectivity index (χ0) is 9.26. The molecule has 1 fully saturated rings. The van der Waals surface area contributed by atoms with E-state index in [0.717, 1.165) is 17.5 Å². The maximum Gasteiger partial charge on any atom is 0.0316 e. The lowest BCUT2D eigenvalue weighted by Gasteiger charge is -2.10. The molecule has 13 heavy (non-hydrogen) atoms. The van der Waals surface area contributed by atoms with E-state index in [9.17, 15) is 0 Å². The van der Waals surface area contributed by atoms with Crippen LogP contribution in [0.4, 0.5) is 5.69 Å². The number of hydrogen-bond donors (Lipinski definition) is 1. The van der Waals surface area contributed by atoms with Crippen molar-refractivity contribution in [2.45, 2.75) is 32.1 Å². The summed E-state index contributed by atoms with van der Waals surface area (Å²) >= 11 is 0. The van der Waals surface area contributed by atoms with Crippen LogP contribution in [0.3, 0.4) is 0 Å². The van der Waals surface area contributed by atoms with Crippen molar-refractivity contribution in [2.24, 2.45) is 5.92 Å². The van der Waals surface area contributed by atoms with Crippen LogP contribution in [0.5, 0.6) is 0 Å². The van der Waals surface area contributed by atoms with Gasteiger partial charge in [-0.05, 0) is 42.4 Å². The van der Waals surface area contributed by atoms with Gasteiger partial charge in [0.1, 0.15) is 0 Å². The summed E-state index contributed by atoms with van der Waals surface area (Å²) in [6, 6.07) is 8.36. The second-order valence-corrected chi connectivity index (χ2v) is 4.29. The SMILES string of the molecule is CC1CCC(c2cccc(N)c2)C1. The lowest BCUT2D eigenvalue weighted by molar-refractivity contribution is 0.596. The summed E-state index contributed by atoms with van der Waals surface area (Å²) in [5, 5.41) is 0. The first-order valence-electron chi connectivity index (χ1n) is 5.11. The molecule has 0 spiro atoms. The lowest BCUT2D eigenvalue weighted by Crippen LogP contribution is -1.94. The van der Waals surface area contributed by atoms with Gasteiger partial charge in [0, 0.05) is 5.69 Å². The van der Waals surface area contributed by atoms with Crippen LogP contribution >= 0.6 is 0 Å². The predicted octanol–water partition coefficient (Wildman–Crippen LogP) is 3.17. The van der Waals surface area contributed by atoms with Crippen LogP contribution < -0.4 is 5.73 Å². The van der Waals surface area contributed by atoms with E-state index >= 15 is 0 Å². The van der Waals surface area contributed by atoms with Gasteiger partial charge in [0.15, 0.2) is 0 Å². The van der Waals surface area contributed by atoms with Crippen molar-refractivity contribution in [1.82, 2.24) is 0 Å². The molecule has 1 heteroatoms. The average Bonchev–Trinajstić information content (AvgIpc) is 2.52. The van der Waals surface area contributed by atoms with Gasteiger partial charge in [-0.25, -0.2) is 0 Å². The fraction of sp³-hybridized carbons (Fsp3) is 0.500. The van der Waals surface area contributed by atoms with Gasteiger partial charge in [0.25, 0.3) is 0 Å². The highest BCUT2D eigenvalue weighted by molar-refractivity contribution is 5.42. The van der Waals surface area contributed by atoms with Crippen molar-refractivity contribution in [3.8, 4) is 0 Å². The second-order valence-electron chi connectivity index (χ2n) is 4.29. The number of hydrogen-bond acceptors (Lipinski definition) is 1. The molecule has 1 aromatic carbocycles. The number of nitrogen functional groups attached to an aromatic ring is 1. The predicted molar refractivity (Wildman–Crippen MR) is 56.6 cm³/mol. The molecule has 1 saturated carbocycles. The molecule has 70 valence electrons. The highest BCUT2D eigenvalue weighted by atomic mass is 14.5. The molecule has 2 unspecified atom stereocenters. The van der Waals surface area contributed by atoms with E-state index in [1.165, 1.54) is 24.8 Å². The normalized spacial score (nSPS) is 27.8. The van der Waals surface area contributed by atoms with E-state index in [1.54, 1.807) is 0 Å². The highest BCUT2D eigenvalue weighted by Gasteiger charge is 2.22. The minimum atomic E-state index is 0.762. The van der Waals surface area contributed by atoms with Crippen LogP contribution in [0, 0.1) is 5.92 Å². The number of anilines is 1. The fourth-order valence-corrected chi connectivity index (χ4v) is 2.32. The van der Waals surface area contributed by atoms with Crippen molar-refractivity contribution in [1.29, 1.82) is 0 Å². The van der Waals surface area contributed by atoms with Crippen LogP contribution in [0.15, 0.2) is 24.3 Å². The van der Waals surface area contributed by atoms with Crippen LogP contribution in [0.2, 0.25) is 0 Å². The smallest absolute Gasteiger partial charge is 0.0316 e. The van der Waals surface area contributed by atoms with E-state index in [4.69, 9.17) is 5.73 Å². The molecule has 1 nitrogen and oxygen atoms in total. The second kappa shape index (κ2) is 3.41. The van der Waals surface area contributed by atoms with Gasteiger partial charge in [0.05, 0.1) is 0 Å². The lowest BCUT2D eigenvalue weighted by atomic mass is 9.96. The number of nitrogens with two attached hydrogens (primary N) is 1. The molecule has 0 aliphatic heterocycles. The van der Waals surface area contributed by atoms with Gasteiger partial charge in [-0.1, -0.05) is 25.5 Å². The molecule has 2 atom stereocenters. The standard InChI is InChI=1S/C12H17N/c1-9-5-6-11(7-9)10-3-2-4-12(13)8-10/h2-4,8-9,11H,5-7,13H2,1H3. The van der Waals surface area contributed by atoms with Crippen molar-refractivity contribution in [3.05, 3.63) is 29.8 Å². The van der Waals surface area contributed by atoms with Gasteiger partial charge in [-0.3, -0.25) is 0 Å². The van der Waals surface area contributed by atoms with E-state index in [0.29, 0.717) is 0 Å². The van der Waals surface area contributed by atoms with Gasteiger partial charge in [-0.2, -0.15) is 0 Å². The zero-order valence-electron chi connectivity index (χ0n) is 8.16. The molecular weight excluding hydrogens is 158 g/mol. The first kappa shape index (κ1) is 8.61. The summed E-state index contributed by atoms with van der Waals surface area (Å²) in [7, 11) is 0. The third kappa shape index (κ3) is 1.85. The van der Waals surface area contributed by atoms with Gasteiger partial charge < -0.3 is 5.73 Å². The summed E-state index contributed by atoms with van der Waals surface area (Å²) in [6.07, 6.45) is 4.05. The van der Waals surface area contributed by atoms with Crippen molar-refractivity contribution < 1.29 is 0 Å². The number of benzene rings is 1. The highest BCUT2D eigenvalue weighted by Crippen LogP contribution is 2.38. The van der Waals surface area contributed by atoms with E-state index in [-0.39, 0.29) is 0 Å². The summed E-state index contributed by atoms with van der Waals surface area (Å²) in [6.45, 7) is 2.34. The maximum absolute atomic E-state index is 5.76. The van der Waals surface area contributed by atoms with Crippen LogP contribution in [-0.2, 0) is 0 Å². The average molecular weight is 175 g/mol. The Kier molecular flexibility index (Phi) is 2.26. The first-order chi connectivity index (χ1) is 6.25. The molecule has 0 saturated heterocycles. The van der Waals surface area contributed by atoms with E-state index in [1.807, 2.05) is 6.07 Å². The summed E-state index contributed by atoms with van der Waals surface area (Å²) in [5.74, 6) is 1.66.